The Bertz CT molecular complexity index is 772. The molecule has 0 aliphatic carbocycles. The van der Waals surface area contributed by atoms with E-state index in [1.807, 2.05) is 35.1 Å². The number of benzene rings is 1. The summed E-state index contributed by atoms with van der Waals surface area (Å²) in [6.45, 7) is 0.704. The second kappa shape index (κ2) is 5.84. The molecule has 0 amide bonds. The molecule has 0 unspecified atom stereocenters. The highest BCUT2D eigenvalue weighted by atomic mass is 15.3. The fraction of sp³-hybridized carbons (Fsp3) is 0.0667. The molecule has 6 heteroatoms. The predicted octanol–water partition coefficient (Wildman–Crippen LogP) is 2.34. The lowest BCUT2D eigenvalue weighted by atomic mass is 10.2. The van der Waals surface area contributed by atoms with Gasteiger partial charge in [-0.3, -0.25) is 4.68 Å². The molecule has 102 valence electrons. The first kappa shape index (κ1) is 12.8. The molecular weight excluding hydrogens is 264 g/mol. The van der Waals surface area contributed by atoms with Gasteiger partial charge < -0.3 is 5.32 Å². The molecule has 1 N–H and O–H groups in total. The van der Waals surface area contributed by atoms with E-state index in [-0.39, 0.29) is 0 Å². The summed E-state index contributed by atoms with van der Waals surface area (Å²) in [6.07, 6.45) is 4.97. The minimum absolute atomic E-state index is 0.323. The van der Waals surface area contributed by atoms with E-state index in [4.69, 9.17) is 5.26 Å². The van der Waals surface area contributed by atoms with E-state index in [0.29, 0.717) is 18.1 Å². The minimum atomic E-state index is 0.323. The van der Waals surface area contributed by atoms with Crippen LogP contribution in [0, 0.1) is 11.3 Å². The highest BCUT2D eigenvalue weighted by molar-refractivity contribution is 5.54. The Kier molecular flexibility index (Phi) is 3.56. The molecule has 0 bridgehead atoms. The van der Waals surface area contributed by atoms with Gasteiger partial charge in [-0.25, -0.2) is 9.97 Å². The van der Waals surface area contributed by atoms with Crippen molar-refractivity contribution in [3.63, 3.8) is 0 Å². The minimum Gasteiger partial charge on any atom is -0.338 e. The molecule has 1 aromatic carbocycles. The zero-order chi connectivity index (χ0) is 14.5. The van der Waals surface area contributed by atoms with Crippen molar-refractivity contribution < 1.29 is 0 Å². The van der Waals surface area contributed by atoms with Gasteiger partial charge in [-0.1, -0.05) is 30.3 Å². The van der Waals surface area contributed by atoms with E-state index in [1.165, 1.54) is 11.9 Å². The van der Waals surface area contributed by atoms with Crippen molar-refractivity contribution in [2.75, 3.05) is 5.32 Å². The molecule has 3 rings (SSSR count). The molecule has 2 aromatic heterocycles. The Morgan fingerprint density at radius 2 is 2.05 bits per heavy atom. The molecule has 2 heterocycles. The second-order valence-electron chi connectivity index (χ2n) is 4.44. The van der Waals surface area contributed by atoms with Crippen molar-refractivity contribution in [3.05, 3.63) is 66.4 Å². The van der Waals surface area contributed by atoms with Gasteiger partial charge in [-0.2, -0.15) is 10.4 Å². The molecule has 0 fully saturated rings. The standard InChI is InChI=1S/C15H12N6/c16-7-13-6-15(18-11-17-13)20-14-8-19-21(10-14)9-12-4-2-1-3-5-12/h1-6,8,10-11H,9H2,(H,17,18,20). The molecular formula is C15H12N6. The molecule has 0 spiro atoms. The molecule has 0 atom stereocenters. The Labute approximate surface area is 121 Å². The van der Waals surface area contributed by atoms with Crippen molar-refractivity contribution >= 4 is 11.5 Å². The summed E-state index contributed by atoms with van der Waals surface area (Å²) >= 11 is 0. The SMILES string of the molecule is N#Cc1cc(Nc2cnn(Cc3ccccc3)c2)ncn1. The molecule has 0 aliphatic heterocycles. The third-order valence-electron chi connectivity index (χ3n) is 2.87. The summed E-state index contributed by atoms with van der Waals surface area (Å²) < 4.78 is 1.84. The lowest BCUT2D eigenvalue weighted by molar-refractivity contribution is 0.687. The highest BCUT2D eigenvalue weighted by Crippen LogP contribution is 2.14. The number of aromatic nitrogens is 4. The summed E-state index contributed by atoms with van der Waals surface area (Å²) in [7, 11) is 0. The van der Waals surface area contributed by atoms with E-state index in [2.05, 4.69) is 32.5 Å². The third-order valence-corrected chi connectivity index (χ3v) is 2.87. The molecule has 0 saturated carbocycles. The quantitative estimate of drug-likeness (QED) is 0.791. The van der Waals surface area contributed by atoms with Gasteiger partial charge in [-0.05, 0) is 5.56 Å². The number of hydrogen-bond acceptors (Lipinski definition) is 5. The van der Waals surface area contributed by atoms with E-state index < -0.39 is 0 Å². The first-order chi connectivity index (χ1) is 10.3. The molecule has 0 saturated heterocycles. The first-order valence-electron chi connectivity index (χ1n) is 6.39. The van der Waals surface area contributed by atoms with Crippen LogP contribution in [0.4, 0.5) is 11.5 Å². The van der Waals surface area contributed by atoms with Gasteiger partial charge in [0.25, 0.3) is 0 Å². The summed E-state index contributed by atoms with van der Waals surface area (Å²) in [6, 6.07) is 13.7. The van der Waals surface area contributed by atoms with Gasteiger partial charge in [0.1, 0.15) is 23.9 Å². The van der Waals surface area contributed by atoms with Gasteiger partial charge in [0.15, 0.2) is 0 Å². The molecule has 21 heavy (non-hydrogen) atoms. The zero-order valence-electron chi connectivity index (χ0n) is 11.1. The Morgan fingerprint density at radius 3 is 2.86 bits per heavy atom. The maximum atomic E-state index is 8.81. The van der Waals surface area contributed by atoms with Crippen molar-refractivity contribution in [3.8, 4) is 6.07 Å². The van der Waals surface area contributed by atoms with Crippen LogP contribution in [0.2, 0.25) is 0 Å². The van der Waals surface area contributed by atoms with Crippen LogP contribution in [0.3, 0.4) is 0 Å². The Hall–Kier alpha value is -3.20. The summed E-state index contributed by atoms with van der Waals surface area (Å²) in [5, 5.41) is 16.2. The highest BCUT2D eigenvalue weighted by Gasteiger charge is 2.02. The number of anilines is 2. The monoisotopic (exact) mass is 276 g/mol. The van der Waals surface area contributed by atoms with Crippen LogP contribution in [0.5, 0.6) is 0 Å². The summed E-state index contributed by atoms with van der Waals surface area (Å²) in [5.74, 6) is 0.570. The topological polar surface area (TPSA) is 79.4 Å². The third kappa shape index (κ3) is 3.22. The van der Waals surface area contributed by atoms with Crippen LogP contribution >= 0.6 is 0 Å². The van der Waals surface area contributed by atoms with Gasteiger partial charge in [0, 0.05) is 12.3 Å². The van der Waals surface area contributed by atoms with Crippen molar-refractivity contribution in [2.24, 2.45) is 0 Å². The lowest BCUT2D eigenvalue weighted by Crippen LogP contribution is -1.99. The maximum absolute atomic E-state index is 8.81. The predicted molar refractivity (Wildman–Crippen MR) is 77.8 cm³/mol. The van der Waals surface area contributed by atoms with E-state index in [0.717, 1.165) is 5.69 Å². The molecule has 0 radical (unpaired) electrons. The van der Waals surface area contributed by atoms with E-state index in [1.54, 1.807) is 12.3 Å². The normalized spacial score (nSPS) is 10.0. The summed E-state index contributed by atoms with van der Waals surface area (Å²) in [5.41, 5.74) is 2.32. The van der Waals surface area contributed by atoms with Crippen LogP contribution in [-0.4, -0.2) is 19.7 Å². The fourth-order valence-corrected chi connectivity index (χ4v) is 1.92. The smallest absolute Gasteiger partial charge is 0.145 e. The average molecular weight is 276 g/mol. The van der Waals surface area contributed by atoms with E-state index >= 15 is 0 Å². The van der Waals surface area contributed by atoms with E-state index in [9.17, 15) is 0 Å². The molecule has 3 aromatic rings. The Morgan fingerprint density at radius 1 is 1.19 bits per heavy atom. The average Bonchev–Trinajstić information content (AvgIpc) is 2.95. The number of nitriles is 1. The maximum Gasteiger partial charge on any atom is 0.145 e. The number of nitrogens with one attached hydrogen (secondary N) is 1. The largest absolute Gasteiger partial charge is 0.338 e. The summed E-state index contributed by atoms with van der Waals surface area (Å²) in [4.78, 5) is 7.89. The second-order valence-corrected chi connectivity index (χ2v) is 4.44. The first-order valence-corrected chi connectivity index (χ1v) is 6.39. The van der Waals surface area contributed by atoms with Gasteiger partial charge in [-0.15, -0.1) is 0 Å². The fourth-order valence-electron chi connectivity index (χ4n) is 1.92. The van der Waals surface area contributed by atoms with Gasteiger partial charge >= 0.3 is 0 Å². The van der Waals surface area contributed by atoms with Gasteiger partial charge in [0.05, 0.1) is 18.4 Å². The van der Waals surface area contributed by atoms with Crippen molar-refractivity contribution in [2.45, 2.75) is 6.54 Å². The Balaban J connectivity index is 1.72. The van der Waals surface area contributed by atoms with Crippen LogP contribution in [0.1, 0.15) is 11.3 Å². The molecule has 6 nitrogen and oxygen atoms in total. The van der Waals surface area contributed by atoms with Crippen molar-refractivity contribution in [1.82, 2.24) is 19.7 Å². The van der Waals surface area contributed by atoms with Crippen LogP contribution in [0.15, 0.2) is 55.1 Å². The van der Waals surface area contributed by atoms with Crippen LogP contribution < -0.4 is 5.32 Å². The zero-order valence-corrected chi connectivity index (χ0v) is 11.1. The number of rotatable bonds is 4. The number of hydrogen-bond donors (Lipinski definition) is 1. The van der Waals surface area contributed by atoms with Crippen molar-refractivity contribution in [1.29, 1.82) is 5.26 Å². The van der Waals surface area contributed by atoms with Crippen LogP contribution in [0.25, 0.3) is 0 Å². The van der Waals surface area contributed by atoms with Gasteiger partial charge in [0.2, 0.25) is 0 Å². The molecule has 0 aliphatic rings. The number of nitrogens with zero attached hydrogens (tertiary/aromatic N) is 5. The lowest BCUT2D eigenvalue weighted by Gasteiger charge is -2.02. The van der Waals surface area contributed by atoms with Crippen LogP contribution in [-0.2, 0) is 6.54 Å².